The Bertz CT molecular complexity index is 352. The summed E-state index contributed by atoms with van der Waals surface area (Å²) in [4.78, 5) is 0. The van der Waals surface area contributed by atoms with E-state index < -0.39 is 27.0 Å². The molecule has 0 bridgehead atoms. The highest BCUT2D eigenvalue weighted by molar-refractivity contribution is 7.91. The molecule has 0 radical (unpaired) electrons. The van der Waals surface area contributed by atoms with E-state index in [-0.39, 0.29) is 18.1 Å². The molecule has 3 unspecified atom stereocenters. The lowest BCUT2D eigenvalue weighted by Crippen LogP contribution is -2.58. The molecule has 5 nitrogen and oxygen atoms in total. The summed E-state index contributed by atoms with van der Waals surface area (Å²) < 4.78 is 28.2. The average Bonchev–Trinajstić information content (AvgIpc) is 2.54. The van der Waals surface area contributed by atoms with Crippen LogP contribution in [0.1, 0.15) is 20.3 Å². The van der Waals surface area contributed by atoms with Crippen molar-refractivity contribution >= 4 is 9.84 Å². The number of hydrogen-bond acceptors (Lipinski definition) is 5. The summed E-state index contributed by atoms with van der Waals surface area (Å²) in [5.41, 5.74) is 3.66. The van der Waals surface area contributed by atoms with Gasteiger partial charge in [-0.2, -0.15) is 0 Å². The van der Waals surface area contributed by atoms with Crippen LogP contribution in [0.5, 0.6) is 0 Å². The van der Waals surface area contributed by atoms with Crippen molar-refractivity contribution in [3.8, 4) is 0 Å². The van der Waals surface area contributed by atoms with Crippen molar-refractivity contribution in [3.05, 3.63) is 0 Å². The van der Waals surface area contributed by atoms with Gasteiger partial charge in [0.15, 0.2) is 9.84 Å². The highest BCUT2D eigenvalue weighted by Crippen LogP contribution is 2.43. The second kappa shape index (κ2) is 4.25. The van der Waals surface area contributed by atoms with Crippen molar-refractivity contribution in [2.75, 3.05) is 25.2 Å². The molecule has 0 aliphatic carbocycles. The lowest BCUT2D eigenvalue weighted by Gasteiger charge is -2.44. The Morgan fingerprint density at radius 3 is 2.50 bits per heavy atom. The van der Waals surface area contributed by atoms with Crippen LogP contribution in [-0.4, -0.2) is 50.4 Å². The van der Waals surface area contributed by atoms with Crippen molar-refractivity contribution in [2.45, 2.75) is 32.0 Å². The van der Waals surface area contributed by atoms with Crippen LogP contribution in [0.15, 0.2) is 0 Å². The molecule has 3 N–H and O–H groups in total. The molecule has 1 saturated heterocycles. The molecule has 3 atom stereocenters. The number of ether oxygens (including phenoxy) is 1. The second-order valence-electron chi connectivity index (χ2n) is 4.85. The van der Waals surface area contributed by atoms with Gasteiger partial charge in [-0.3, -0.25) is 0 Å². The number of methoxy groups -OCH3 is 1. The summed E-state index contributed by atoms with van der Waals surface area (Å²) in [6.07, 6.45) is -0.0589. The molecule has 1 rings (SSSR count). The molecule has 16 heavy (non-hydrogen) atoms. The van der Waals surface area contributed by atoms with Crippen LogP contribution >= 0.6 is 0 Å². The van der Waals surface area contributed by atoms with Gasteiger partial charge < -0.3 is 15.6 Å². The maximum atomic E-state index is 11.6. The third kappa shape index (κ3) is 2.11. The quantitative estimate of drug-likeness (QED) is 0.705. The molecule has 0 aromatic heterocycles. The number of sulfone groups is 1. The van der Waals surface area contributed by atoms with Gasteiger partial charge in [-0.25, -0.2) is 8.42 Å². The monoisotopic (exact) mass is 251 g/mol. The Kier molecular flexibility index (Phi) is 3.69. The number of rotatable bonds is 4. The van der Waals surface area contributed by atoms with Crippen LogP contribution in [0, 0.1) is 5.41 Å². The highest BCUT2D eigenvalue weighted by Gasteiger charge is 2.55. The van der Waals surface area contributed by atoms with Crippen molar-refractivity contribution in [1.82, 2.24) is 0 Å². The van der Waals surface area contributed by atoms with Crippen molar-refractivity contribution in [2.24, 2.45) is 11.1 Å². The van der Waals surface area contributed by atoms with Crippen LogP contribution in [0.4, 0.5) is 0 Å². The highest BCUT2D eigenvalue weighted by atomic mass is 32.2. The molecule has 0 spiro atoms. The van der Waals surface area contributed by atoms with Gasteiger partial charge in [0.05, 0.1) is 23.2 Å². The first kappa shape index (κ1) is 13.9. The van der Waals surface area contributed by atoms with Gasteiger partial charge in [0.25, 0.3) is 0 Å². The summed E-state index contributed by atoms with van der Waals surface area (Å²) in [5.74, 6) is 0.0357. The fourth-order valence-electron chi connectivity index (χ4n) is 2.34. The van der Waals surface area contributed by atoms with Crippen LogP contribution in [-0.2, 0) is 14.6 Å². The Labute approximate surface area is 96.9 Å². The molecule has 0 saturated carbocycles. The van der Waals surface area contributed by atoms with Crippen LogP contribution in [0.25, 0.3) is 0 Å². The normalized spacial score (nSPS) is 34.6. The van der Waals surface area contributed by atoms with E-state index in [1.807, 2.05) is 0 Å². The maximum Gasteiger partial charge on any atom is 0.151 e. The van der Waals surface area contributed by atoms with Crippen LogP contribution in [0.3, 0.4) is 0 Å². The van der Waals surface area contributed by atoms with Gasteiger partial charge in [0.2, 0.25) is 0 Å². The zero-order chi connectivity index (χ0) is 12.6. The van der Waals surface area contributed by atoms with E-state index in [2.05, 4.69) is 0 Å². The minimum Gasteiger partial charge on any atom is -0.387 e. The first-order valence-electron chi connectivity index (χ1n) is 5.36. The molecule has 1 heterocycles. The van der Waals surface area contributed by atoms with Gasteiger partial charge >= 0.3 is 0 Å². The lowest BCUT2D eigenvalue weighted by molar-refractivity contribution is -0.140. The Morgan fingerprint density at radius 2 is 2.19 bits per heavy atom. The maximum absolute atomic E-state index is 11.6. The van der Waals surface area contributed by atoms with Crippen molar-refractivity contribution in [3.63, 3.8) is 0 Å². The summed E-state index contributed by atoms with van der Waals surface area (Å²) in [6, 6.07) is 0. The predicted octanol–water partition coefficient (Wildman–Crippen LogP) is -0.464. The topological polar surface area (TPSA) is 89.6 Å². The molecule has 0 aromatic rings. The molecule has 0 aromatic carbocycles. The van der Waals surface area contributed by atoms with Gasteiger partial charge in [0, 0.05) is 19.1 Å². The largest absolute Gasteiger partial charge is 0.387 e. The van der Waals surface area contributed by atoms with Crippen molar-refractivity contribution in [1.29, 1.82) is 0 Å². The van der Waals surface area contributed by atoms with Crippen LogP contribution in [0.2, 0.25) is 0 Å². The zero-order valence-corrected chi connectivity index (χ0v) is 10.9. The fourth-order valence-corrected chi connectivity index (χ4v) is 4.59. The fraction of sp³-hybridized carbons (Fsp3) is 1.00. The van der Waals surface area contributed by atoms with Gasteiger partial charge in [0.1, 0.15) is 0 Å². The molecular weight excluding hydrogens is 230 g/mol. The molecule has 1 aliphatic heterocycles. The predicted molar refractivity (Wildman–Crippen MR) is 61.9 cm³/mol. The Hall–Kier alpha value is -0.170. The van der Waals surface area contributed by atoms with Crippen LogP contribution < -0.4 is 5.73 Å². The second-order valence-corrected chi connectivity index (χ2v) is 7.04. The van der Waals surface area contributed by atoms with E-state index in [4.69, 9.17) is 10.5 Å². The summed E-state index contributed by atoms with van der Waals surface area (Å²) in [7, 11) is -1.59. The van der Waals surface area contributed by atoms with Crippen molar-refractivity contribution < 1.29 is 18.3 Å². The minimum atomic E-state index is -3.09. The van der Waals surface area contributed by atoms with E-state index >= 15 is 0 Å². The molecule has 0 amide bonds. The average molecular weight is 251 g/mol. The third-order valence-corrected chi connectivity index (χ3v) is 5.82. The number of hydrogen-bond donors (Lipinski definition) is 2. The molecule has 6 heteroatoms. The van der Waals surface area contributed by atoms with E-state index in [0.717, 1.165) is 0 Å². The first-order chi connectivity index (χ1) is 7.21. The molecule has 96 valence electrons. The smallest absolute Gasteiger partial charge is 0.151 e. The van der Waals surface area contributed by atoms with E-state index in [0.29, 0.717) is 6.42 Å². The standard InChI is InChI=1S/C10H21NO4S/c1-8(15-3)9(2,12)10(6-11)4-5-16(13,14)7-10/h8,12H,4-7,11H2,1-3H3. The van der Waals surface area contributed by atoms with Gasteiger partial charge in [-0.05, 0) is 20.3 Å². The molecule has 1 aliphatic rings. The Balaban J connectivity index is 3.07. The first-order valence-corrected chi connectivity index (χ1v) is 7.18. The zero-order valence-electron chi connectivity index (χ0n) is 10.1. The summed E-state index contributed by atoms with van der Waals surface area (Å²) in [6.45, 7) is 3.48. The Morgan fingerprint density at radius 1 is 1.62 bits per heavy atom. The van der Waals surface area contributed by atoms with Gasteiger partial charge in [-0.1, -0.05) is 0 Å². The SMILES string of the molecule is COC(C)C(C)(O)C1(CN)CCS(=O)(=O)C1. The summed E-state index contributed by atoms with van der Waals surface area (Å²) in [5, 5.41) is 10.5. The lowest BCUT2D eigenvalue weighted by atomic mass is 9.70. The van der Waals surface area contributed by atoms with E-state index in [9.17, 15) is 13.5 Å². The molecule has 1 fully saturated rings. The van der Waals surface area contributed by atoms with E-state index in [1.165, 1.54) is 7.11 Å². The number of nitrogens with two attached hydrogens (primary N) is 1. The van der Waals surface area contributed by atoms with Gasteiger partial charge in [-0.15, -0.1) is 0 Å². The third-order valence-electron chi connectivity index (χ3n) is 4.00. The summed E-state index contributed by atoms with van der Waals surface area (Å²) >= 11 is 0. The van der Waals surface area contributed by atoms with E-state index in [1.54, 1.807) is 13.8 Å². The molecular formula is C10H21NO4S. The number of aliphatic hydroxyl groups is 1. The minimum absolute atomic E-state index is 0.0583.